The molecular weight excluding hydrogens is 233 g/mol. The Bertz CT molecular complexity index is 413. The third kappa shape index (κ3) is 3.45. The summed E-state index contributed by atoms with van der Waals surface area (Å²) in [5.74, 6) is 0.439. The van der Waals surface area contributed by atoms with E-state index in [1.54, 1.807) is 0 Å². The fourth-order valence-corrected chi connectivity index (χ4v) is 1.82. The first kappa shape index (κ1) is 14.5. The van der Waals surface area contributed by atoms with Crippen molar-refractivity contribution in [3.63, 3.8) is 0 Å². The van der Waals surface area contributed by atoms with Gasteiger partial charge in [0.05, 0.1) is 12.1 Å². The first-order valence-electron chi connectivity index (χ1n) is 5.86. The van der Waals surface area contributed by atoms with Gasteiger partial charge in [0.25, 0.3) is 0 Å². The average Bonchev–Trinajstić information content (AvgIpc) is 2.39. The van der Waals surface area contributed by atoms with Gasteiger partial charge in [0.2, 0.25) is 0 Å². The highest BCUT2D eigenvalue weighted by Gasteiger charge is 2.22. The Morgan fingerprint density at radius 2 is 1.83 bits per heavy atom. The van der Waals surface area contributed by atoms with Crippen molar-refractivity contribution < 1.29 is 9.13 Å². The van der Waals surface area contributed by atoms with Gasteiger partial charge in [-0.2, -0.15) is 0 Å². The van der Waals surface area contributed by atoms with E-state index in [0.717, 1.165) is 5.56 Å². The van der Waals surface area contributed by atoms with Crippen LogP contribution in [0.15, 0.2) is 29.4 Å². The molecule has 0 heterocycles. The molecule has 18 heavy (non-hydrogen) atoms. The second-order valence-corrected chi connectivity index (χ2v) is 4.40. The maximum Gasteiger partial charge on any atom is 0.101 e. The maximum absolute atomic E-state index is 12.8. The molecule has 0 radical (unpaired) electrons. The Morgan fingerprint density at radius 1 is 1.28 bits per heavy atom. The molecule has 0 saturated heterocycles. The van der Waals surface area contributed by atoms with E-state index in [0.29, 0.717) is 5.92 Å². The van der Waals surface area contributed by atoms with Crippen LogP contribution in [-0.2, 0) is 4.74 Å². The van der Waals surface area contributed by atoms with Crippen molar-refractivity contribution in [1.82, 2.24) is 0 Å². The number of ether oxygens (including phenoxy) is 1. The van der Waals surface area contributed by atoms with Crippen LogP contribution in [0.1, 0.15) is 37.0 Å². The number of nitrogens with zero attached hydrogens (tertiary/aromatic N) is 3. The minimum Gasteiger partial charge on any atom is -0.376 e. The molecule has 98 valence electrons. The Hall–Kier alpha value is -1.58. The van der Waals surface area contributed by atoms with Gasteiger partial charge in [-0.1, -0.05) is 43.2 Å². The molecule has 0 amide bonds. The standard InChI is InChI=1S/C13H18FN3O/c1-9(2)10-4-6-11(7-5-10)13(18-3)12(8-14)16-17-15/h4-7,9,12-13H,8H2,1-3H3/t12-,13-/m1/s1. The molecule has 0 spiro atoms. The van der Waals surface area contributed by atoms with Crippen LogP contribution in [0.5, 0.6) is 0 Å². The number of hydrogen-bond acceptors (Lipinski definition) is 2. The SMILES string of the molecule is CO[C@H](c1ccc(C(C)C)cc1)[C@@H](CF)N=[N+]=[N-]. The molecule has 0 aliphatic carbocycles. The summed E-state index contributed by atoms with van der Waals surface area (Å²) >= 11 is 0. The molecule has 1 aromatic rings. The molecule has 0 aromatic heterocycles. The first-order chi connectivity index (χ1) is 8.63. The van der Waals surface area contributed by atoms with Crippen LogP contribution in [-0.4, -0.2) is 19.8 Å². The van der Waals surface area contributed by atoms with E-state index in [9.17, 15) is 4.39 Å². The van der Waals surface area contributed by atoms with Crippen molar-refractivity contribution in [1.29, 1.82) is 0 Å². The van der Waals surface area contributed by atoms with Crippen molar-refractivity contribution in [3.05, 3.63) is 45.8 Å². The van der Waals surface area contributed by atoms with Crippen molar-refractivity contribution in [2.75, 3.05) is 13.8 Å². The minimum absolute atomic E-state index is 0.439. The lowest BCUT2D eigenvalue weighted by Crippen LogP contribution is -2.20. The number of rotatable bonds is 6. The zero-order valence-electron chi connectivity index (χ0n) is 10.9. The van der Waals surface area contributed by atoms with E-state index in [-0.39, 0.29) is 0 Å². The zero-order chi connectivity index (χ0) is 13.5. The predicted molar refractivity (Wildman–Crippen MR) is 69.2 cm³/mol. The summed E-state index contributed by atoms with van der Waals surface area (Å²) in [5.41, 5.74) is 10.4. The van der Waals surface area contributed by atoms with Crippen molar-refractivity contribution in [2.24, 2.45) is 5.11 Å². The van der Waals surface area contributed by atoms with Crippen molar-refractivity contribution >= 4 is 0 Å². The molecule has 0 aliphatic heterocycles. The number of methoxy groups -OCH3 is 1. The van der Waals surface area contributed by atoms with Crippen LogP contribution in [0, 0.1) is 0 Å². The lowest BCUT2D eigenvalue weighted by Gasteiger charge is -2.20. The quantitative estimate of drug-likeness (QED) is 0.425. The number of azide groups is 1. The Kier molecular flexibility index (Phi) is 5.62. The Balaban J connectivity index is 2.97. The van der Waals surface area contributed by atoms with E-state index in [1.165, 1.54) is 12.7 Å². The summed E-state index contributed by atoms with van der Waals surface area (Å²) in [5, 5.41) is 3.43. The molecule has 0 N–H and O–H groups in total. The van der Waals surface area contributed by atoms with Crippen LogP contribution in [0.25, 0.3) is 10.4 Å². The van der Waals surface area contributed by atoms with Gasteiger partial charge in [0.1, 0.15) is 6.67 Å². The highest BCUT2D eigenvalue weighted by molar-refractivity contribution is 5.27. The molecule has 0 bridgehead atoms. The van der Waals surface area contributed by atoms with Gasteiger partial charge in [0, 0.05) is 12.0 Å². The molecule has 0 fully saturated rings. The number of alkyl halides is 1. The largest absolute Gasteiger partial charge is 0.376 e. The molecule has 0 aliphatic rings. The van der Waals surface area contributed by atoms with Gasteiger partial charge in [-0.3, -0.25) is 4.39 Å². The van der Waals surface area contributed by atoms with Crippen LogP contribution in [0.2, 0.25) is 0 Å². The van der Waals surface area contributed by atoms with E-state index >= 15 is 0 Å². The average molecular weight is 251 g/mol. The molecule has 4 nitrogen and oxygen atoms in total. The fraction of sp³-hybridized carbons (Fsp3) is 0.538. The Morgan fingerprint density at radius 3 is 2.22 bits per heavy atom. The van der Waals surface area contributed by atoms with E-state index in [1.807, 2.05) is 24.3 Å². The minimum atomic E-state index is -0.829. The van der Waals surface area contributed by atoms with Gasteiger partial charge in [0.15, 0.2) is 0 Å². The fourth-order valence-electron chi connectivity index (χ4n) is 1.82. The summed E-state index contributed by atoms with van der Waals surface area (Å²) in [6.45, 7) is 3.47. The van der Waals surface area contributed by atoms with Crippen LogP contribution in [0.4, 0.5) is 4.39 Å². The molecular formula is C13H18FN3O. The zero-order valence-corrected chi connectivity index (χ0v) is 10.9. The highest BCUT2D eigenvalue weighted by Crippen LogP contribution is 2.25. The predicted octanol–water partition coefficient (Wildman–Crippen LogP) is 4.15. The van der Waals surface area contributed by atoms with E-state index < -0.39 is 18.8 Å². The summed E-state index contributed by atoms with van der Waals surface area (Å²) in [7, 11) is 1.48. The topological polar surface area (TPSA) is 58.0 Å². The lowest BCUT2D eigenvalue weighted by atomic mass is 9.98. The van der Waals surface area contributed by atoms with Crippen molar-refractivity contribution in [3.8, 4) is 0 Å². The van der Waals surface area contributed by atoms with E-state index in [4.69, 9.17) is 10.3 Å². The second kappa shape index (κ2) is 6.99. The monoisotopic (exact) mass is 251 g/mol. The van der Waals surface area contributed by atoms with Gasteiger partial charge in [-0.05, 0) is 22.6 Å². The lowest BCUT2D eigenvalue weighted by molar-refractivity contribution is 0.0722. The Labute approximate surface area is 106 Å². The summed E-state index contributed by atoms with van der Waals surface area (Å²) in [6.07, 6.45) is -0.549. The molecule has 5 heteroatoms. The van der Waals surface area contributed by atoms with Gasteiger partial charge < -0.3 is 4.74 Å². The van der Waals surface area contributed by atoms with Crippen LogP contribution >= 0.6 is 0 Å². The number of benzene rings is 1. The molecule has 1 rings (SSSR count). The smallest absolute Gasteiger partial charge is 0.101 e. The van der Waals surface area contributed by atoms with E-state index in [2.05, 4.69) is 23.9 Å². The summed E-state index contributed by atoms with van der Waals surface area (Å²) in [6, 6.07) is 6.91. The molecule has 0 saturated carbocycles. The summed E-state index contributed by atoms with van der Waals surface area (Å²) in [4.78, 5) is 2.65. The summed E-state index contributed by atoms with van der Waals surface area (Å²) < 4.78 is 18.1. The second-order valence-electron chi connectivity index (χ2n) is 4.40. The first-order valence-corrected chi connectivity index (χ1v) is 5.86. The van der Waals surface area contributed by atoms with Crippen molar-refractivity contribution in [2.45, 2.75) is 31.9 Å². The van der Waals surface area contributed by atoms with Gasteiger partial charge in [-0.25, -0.2) is 0 Å². The maximum atomic E-state index is 12.8. The molecule has 0 unspecified atom stereocenters. The third-order valence-electron chi connectivity index (χ3n) is 2.89. The van der Waals surface area contributed by atoms with Crippen LogP contribution < -0.4 is 0 Å². The van der Waals surface area contributed by atoms with Gasteiger partial charge in [-0.15, -0.1) is 0 Å². The molecule has 2 atom stereocenters. The van der Waals surface area contributed by atoms with Gasteiger partial charge >= 0.3 is 0 Å². The number of halogens is 1. The highest BCUT2D eigenvalue weighted by atomic mass is 19.1. The number of hydrogen-bond donors (Lipinski definition) is 0. The molecule has 1 aromatic carbocycles. The third-order valence-corrected chi connectivity index (χ3v) is 2.89. The van der Waals surface area contributed by atoms with Crippen LogP contribution in [0.3, 0.4) is 0 Å². The normalized spacial score (nSPS) is 14.1.